The number of aliphatic hydroxyl groups excluding tert-OH is 1. The van der Waals surface area contributed by atoms with E-state index in [1.54, 1.807) is 6.08 Å². The van der Waals surface area contributed by atoms with Gasteiger partial charge in [0.25, 0.3) is 0 Å². The van der Waals surface area contributed by atoms with Gasteiger partial charge in [-0.15, -0.1) is 0 Å². The van der Waals surface area contributed by atoms with Gasteiger partial charge in [-0.25, -0.2) is 9.97 Å². The van der Waals surface area contributed by atoms with Crippen molar-refractivity contribution >= 4 is 6.08 Å². The van der Waals surface area contributed by atoms with Gasteiger partial charge in [-0.3, -0.25) is 0 Å². The molecule has 24 heavy (non-hydrogen) atoms. The fourth-order valence-electron chi connectivity index (χ4n) is 2.19. The standard InChI is InChI=1S/C20H24N2O2/c1-3-13-24-19-11-9-17(10-12-19)18-14-21-20(22-15-18)8-6-4-5-7-16(2)23/h3,6,8-12,14-16,23H,1,4-5,7,13H2,2H3/b8-6+. The van der Waals surface area contributed by atoms with E-state index < -0.39 is 0 Å². The lowest BCUT2D eigenvalue weighted by molar-refractivity contribution is 0.182. The molecule has 2 rings (SSSR count). The van der Waals surface area contributed by atoms with Crippen LogP contribution in [0.1, 0.15) is 32.0 Å². The van der Waals surface area contributed by atoms with Crippen molar-refractivity contribution in [1.82, 2.24) is 9.97 Å². The second-order valence-corrected chi connectivity index (χ2v) is 5.64. The van der Waals surface area contributed by atoms with Crippen LogP contribution in [0.5, 0.6) is 5.75 Å². The number of unbranched alkanes of at least 4 members (excludes halogenated alkanes) is 1. The predicted molar refractivity (Wildman–Crippen MR) is 97.7 cm³/mol. The average molecular weight is 324 g/mol. The summed E-state index contributed by atoms with van der Waals surface area (Å²) < 4.78 is 5.47. The van der Waals surface area contributed by atoms with Crippen LogP contribution in [0.2, 0.25) is 0 Å². The van der Waals surface area contributed by atoms with Crippen LogP contribution in [0.25, 0.3) is 17.2 Å². The highest BCUT2D eigenvalue weighted by Crippen LogP contribution is 2.21. The van der Waals surface area contributed by atoms with E-state index in [-0.39, 0.29) is 6.10 Å². The van der Waals surface area contributed by atoms with Crippen molar-refractivity contribution in [2.45, 2.75) is 32.3 Å². The van der Waals surface area contributed by atoms with Gasteiger partial charge in [-0.1, -0.05) is 30.9 Å². The molecule has 0 aliphatic heterocycles. The van der Waals surface area contributed by atoms with E-state index in [1.165, 1.54) is 0 Å². The van der Waals surface area contributed by atoms with Crippen LogP contribution in [0, 0.1) is 0 Å². The van der Waals surface area contributed by atoms with E-state index in [9.17, 15) is 5.11 Å². The summed E-state index contributed by atoms with van der Waals surface area (Å²) in [6, 6.07) is 7.83. The summed E-state index contributed by atoms with van der Waals surface area (Å²) in [5.74, 6) is 1.51. The molecule has 1 heterocycles. The van der Waals surface area contributed by atoms with E-state index in [1.807, 2.05) is 55.7 Å². The molecule has 1 aromatic carbocycles. The third-order valence-electron chi connectivity index (χ3n) is 3.49. The molecule has 0 radical (unpaired) electrons. The Bertz CT molecular complexity index is 646. The summed E-state index contributed by atoms with van der Waals surface area (Å²) in [6.45, 7) is 5.94. The lowest BCUT2D eigenvalue weighted by atomic mass is 10.1. The molecule has 126 valence electrons. The zero-order valence-electron chi connectivity index (χ0n) is 14.1. The first-order valence-electron chi connectivity index (χ1n) is 8.20. The second-order valence-electron chi connectivity index (χ2n) is 5.64. The Morgan fingerprint density at radius 1 is 1.17 bits per heavy atom. The zero-order chi connectivity index (χ0) is 17.2. The minimum Gasteiger partial charge on any atom is -0.490 e. The number of nitrogens with zero attached hydrogens (tertiary/aromatic N) is 2. The Morgan fingerprint density at radius 2 is 1.88 bits per heavy atom. The van der Waals surface area contributed by atoms with Gasteiger partial charge in [0, 0.05) is 18.0 Å². The number of aliphatic hydroxyl groups is 1. The number of ether oxygens (including phenoxy) is 1. The van der Waals surface area contributed by atoms with E-state index >= 15 is 0 Å². The molecule has 0 spiro atoms. The first-order valence-corrected chi connectivity index (χ1v) is 8.20. The predicted octanol–water partition coefficient (Wildman–Crippen LogP) is 4.27. The van der Waals surface area contributed by atoms with Crippen LogP contribution in [-0.2, 0) is 0 Å². The molecule has 4 nitrogen and oxygen atoms in total. The van der Waals surface area contributed by atoms with Crippen LogP contribution in [0.15, 0.2) is 55.4 Å². The van der Waals surface area contributed by atoms with Gasteiger partial charge in [0.15, 0.2) is 5.82 Å². The summed E-state index contributed by atoms with van der Waals surface area (Å²) in [5, 5.41) is 9.21. The molecule has 1 N–H and O–H groups in total. The fourth-order valence-corrected chi connectivity index (χ4v) is 2.19. The van der Waals surface area contributed by atoms with Crippen molar-refractivity contribution in [3.8, 4) is 16.9 Å². The maximum absolute atomic E-state index is 9.21. The van der Waals surface area contributed by atoms with Gasteiger partial charge in [-0.2, -0.15) is 0 Å². The summed E-state index contributed by atoms with van der Waals surface area (Å²) in [6.07, 6.45) is 11.8. The average Bonchev–Trinajstić information content (AvgIpc) is 2.60. The first kappa shape index (κ1) is 17.9. The van der Waals surface area contributed by atoms with Crippen LogP contribution in [0.4, 0.5) is 0 Å². The third-order valence-corrected chi connectivity index (χ3v) is 3.49. The van der Waals surface area contributed by atoms with Crippen LogP contribution < -0.4 is 4.74 Å². The number of allylic oxidation sites excluding steroid dienone is 1. The lowest BCUT2D eigenvalue weighted by Crippen LogP contribution is -1.97. The molecule has 4 heteroatoms. The smallest absolute Gasteiger partial charge is 0.151 e. The second kappa shape index (κ2) is 9.63. The molecule has 0 aliphatic rings. The Labute approximate surface area is 143 Å². The zero-order valence-corrected chi connectivity index (χ0v) is 14.1. The van der Waals surface area contributed by atoms with Crippen molar-refractivity contribution in [1.29, 1.82) is 0 Å². The molecule has 1 atom stereocenters. The van der Waals surface area contributed by atoms with Crippen molar-refractivity contribution in [3.63, 3.8) is 0 Å². The fraction of sp³-hybridized carbons (Fsp3) is 0.300. The van der Waals surface area contributed by atoms with Gasteiger partial charge in [0.1, 0.15) is 12.4 Å². The third kappa shape index (κ3) is 5.97. The van der Waals surface area contributed by atoms with Crippen molar-refractivity contribution in [2.24, 2.45) is 0 Å². The molecule has 0 bridgehead atoms. The molecule has 0 fully saturated rings. The monoisotopic (exact) mass is 324 g/mol. The lowest BCUT2D eigenvalue weighted by Gasteiger charge is -2.05. The number of benzene rings is 1. The SMILES string of the molecule is C=CCOc1ccc(-c2cnc(/C=C/CCCC(C)O)nc2)cc1. The summed E-state index contributed by atoms with van der Waals surface area (Å²) in [4.78, 5) is 8.74. The molecule has 1 unspecified atom stereocenters. The minimum atomic E-state index is -0.234. The van der Waals surface area contributed by atoms with Gasteiger partial charge in [0.2, 0.25) is 0 Å². The highest BCUT2D eigenvalue weighted by Gasteiger charge is 2.00. The highest BCUT2D eigenvalue weighted by molar-refractivity contribution is 5.62. The number of hydrogen-bond donors (Lipinski definition) is 1. The maximum atomic E-state index is 9.21. The van der Waals surface area contributed by atoms with Crippen molar-refractivity contribution in [3.05, 3.63) is 61.2 Å². The van der Waals surface area contributed by atoms with Crippen molar-refractivity contribution < 1.29 is 9.84 Å². The molecule has 0 saturated carbocycles. The van der Waals surface area contributed by atoms with E-state index in [4.69, 9.17) is 4.74 Å². The van der Waals surface area contributed by atoms with Crippen LogP contribution in [0.3, 0.4) is 0 Å². The van der Waals surface area contributed by atoms with Gasteiger partial charge in [0.05, 0.1) is 6.10 Å². The van der Waals surface area contributed by atoms with Crippen LogP contribution >= 0.6 is 0 Å². The Hall–Kier alpha value is -2.46. The summed E-state index contributed by atoms with van der Waals surface area (Å²) >= 11 is 0. The molecule has 0 amide bonds. The number of rotatable bonds is 9. The topological polar surface area (TPSA) is 55.2 Å². The quantitative estimate of drug-likeness (QED) is 0.553. The van der Waals surface area contributed by atoms with Gasteiger partial charge < -0.3 is 9.84 Å². The van der Waals surface area contributed by atoms with Gasteiger partial charge in [-0.05, 0) is 50.0 Å². The first-order chi connectivity index (χ1) is 11.7. The van der Waals surface area contributed by atoms with Gasteiger partial charge >= 0.3 is 0 Å². The summed E-state index contributed by atoms with van der Waals surface area (Å²) in [7, 11) is 0. The number of aromatic nitrogens is 2. The van der Waals surface area contributed by atoms with E-state index in [2.05, 4.69) is 16.5 Å². The van der Waals surface area contributed by atoms with Crippen LogP contribution in [-0.4, -0.2) is 27.8 Å². The molecule has 0 saturated heterocycles. The largest absolute Gasteiger partial charge is 0.490 e. The van der Waals surface area contributed by atoms with Crippen molar-refractivity contribution in [2.75, 3.05) is 6.61 Å². The molecule has 2 aromatic rings. The molecule has 1 aromatic heterocycles. The normalized spacial score (nSPS) is 12.2. The molecular formula is C20H24N2O2. The Balaban J connectivity index is 1.91. The molecule has 0 aliphatic carbocycles. The van der Waals surface area contributed by atoms with E-state index in [0.29, 0.717) is 12.4 Å². The Morgan fingerprint density at radius 3 is 2.50 bits per heavy atom. The maximum Gasteiger partial charge on any atom is 0.151 e. The van der Waals surface area contributed by atoms with E-state index in [0.717, 1.165) is 36.1 Å². The minimum absolute atomic E-state index is 0.234. The number of hydrogen-bond acceptors (Lipinski definition) is 4. The summed E-state index contributed by atoms with van der Waals surface area (Å²) in [5.41, 5.74) is 2.02. The Kier molecular flexibility index (Phi) is 7.18. The highest BCUT2D eigenvalue weighted by atomic mass is 16.5. The molecular weight excluding hydrogens is 300 g/mol.